The van der Waals surface area contributed by atoms with E-state index in [2.05, 4.69) is 4.90 Å². The largest absolute Gasteiger partial charge is 0.396 e. The van der Waals surface area contributed by atoms with Crippen LogP contribution in [0.5, 0.6) is 0 Å². The van der Waals surface area contributed by atoms with Gasteiger partial charge < -0.3 is 14.7 Å². The number of nitrogens with zero attached hydrogens (tertiary/aromatic N) is 2. The lowest BCUT2D eigenvalue weighted by Gasteiger charge is -2.24. The second-order valence-electron chi connectivity index (χ2n) is 3.60. The summed E-state index contributed by atoms with van der Waals surface area (Å²) < 4.78 is 5.58. The second kappa shape index (κ2) is 7.26. The van der Waals surface area contributed by atoms with Crippen molar-refractivity contribution >= 4 is 0 Å². The van der Waals surface area contributed by atoms with Gasteiger partial charge in [-0.2, -0.15) is 0 Å². The van der Waals surface area contributed by atoms with E-state index in [-0.39, 0.29) is 12.8 Å². The van der Waals surface area contributed by atoms with Gasteiger partial charge in [0.25, 0.3) is 0 Å². The van der Waals surface area contributed by atoms with E-state index in [1.807, 2.05) is 33.1 Å². The van der Waals surface area contributed by atoms with Crippen LogP contribution >= 0.6 is 0 Å². The highest BCUT2D eigenvalue weighted by Crippen LogP contribution is 2.00. The summed E-state index contributed by atoms with van der Waals surface area (Å²) in [6.45, 7) is 1.79. The fraction of sp³-hybridized carbons (Fsp3) is 1.00. The normalized spacial score (nSPS) is 14.1. The number of ether oxygens (including phenoxy) is 1. The zero-order valence-electron chi connectivity index (χ0n) is 9.16. The summed E-state index contributed by atoms with van der Waals surface area (Å²) in [5.74, 6) is 0. The number of likely N-dealkylation sites (N-methyl/N-ethyl adjacent to an activating group) is 1. The van der Waals surface area contributed by atoms with Crippen LogP contribution in [0.25, 0.3) is 0 Å². The van der Waals surface area contributed by atoms with Gasteiger partial charge in [-0.15, -0.1) is 0 Å². The van der Waals surface area contributed by atoms with Gasteiger partial charge in [-0.25, -0.2) is 0 Å². The summed E-state index contributed by atoms with van der Waals surface area (Å²) in [7, 11) is 7.94. The molecule has 1 N–H and O–H groups in total. The Morgan fingerprint density at radius 1 is 1.23 bits per heavy atom. The molecule has 13 heavy (non-hydrogen) atoms. The van der Waals surface area contributed by atoms with Gasteiger partial charge in [-0.1, -0.05) is 0 Å². The molecule has 0 aromatic heterocycles. The molecule has 0 fully saturated rings. The van der Waals surface area contributed by atoms with Gasteiger partial charge in [0, 0.05) is 19.6 Å². The van der Waals surface area contributed by atoms with Crippen LogP contribution in [0.1, 0.15) is 6.42 Å². The van der Waals surface area contributed by atoms with Crippen molar-refractivity contribution in [1.82, 2.24) is 9.80 Å². The molecule has 0 rings (SSSR count). The molecule has 0 aromatic carbocycles. The highest BCUT2D eigenvalue weighted by molar-refractivity contribution is 4.54. The Morgan fingerprint density at radius 2 is 1.85 bits per heavy atom. The summed E-state index contributed by atoms with van der Waals surface area (Å²) >= 11 is 0. The molecular formula is C9H22N2O2. The number of aliphatic hydroxyl groups excluding tert-OH is 1. The first kappa shape index (κ1) is 12.8. The lowest BCUT2D eigenvalue weighted by Crippen LogP contribution is -2.33. The van der Waals surface area contributed by atoms with Gasteiger partial charge in [0.15, 0.2) is 0 Å². The van der Waals surface area contributed by atoms with E-state index in [1.165, 1.54) is 0 Å². The molecule has 0 spiro atoms. The first-order valence-corrected chi connectivity index (χ1v) is 4.61. The van der Waals surface area contributed by atoms with Crippen molar-refractivity contribution in [1.29, 1.82) is 0 Å². The Bertz CT molecular complexity index is 118. The molecule has 0 saturated carbocycles. The lowest BCUT2D eigenvalue weighted by atomic mass is 10.4. The maximum atomic E-state index is 8.78. The van der Waals surface area contributed by atoms with Crippen molar-refractivity contribution in [2.45, 2.75) is 12.6 Å². The summed E-state index contributed by atoms with van der Waals surface area (Å²) in [5.41, 5.74) is 0. The monoisotopic (exact) mass is 190 g/mol. The lowest BCUT2D eigenvalue weighted by molar-refractivity contribution is -0.0518. The van der Waals surface area contributed by atoms with Crippen LogP contribution in [0.2, 0.25) is 0 Å². The van der Waals surface area contributed by atoms with Crippen LogP contribution in [-0.2, 0) is 4.74 Å². The quantitative estimate of drug-likeness (QED) is 0.566. The molecule has 0 amide bonds. The summed E-state index contributed by atoms with van der Waals surface area (Å²) in [6, 6.07) is 0. The van der Waals surface area contributed by atoms with E-state index in [1.54, 1.807) is 0 Å². The minimum Gasteiger partial charge on any atom is -0.396 e. The van der Waals surface area contributed by atoms with Crippen molar-refractivity contribution in [3.63, 3.8) is 0 Å². The average Bonchev–Trinajstić information content (AvgIpc) is 2.02. The standard InChI is InChI=1S/C9H22N2O2/c1-10(2)6-8-13-9(5-7-12)11(3)4/h9,12H,5-8H2,1-4H3. The topological polar surface area (TPSA) is 35.9 Å². The molecule has 0 aliphatic heterocycles. The minimum absolute atomic E-state index is 0.0324. The van der Waals surface area contributed by atoms with Crippen molar-refractivity contribution in [3.05, 3.63) is 0 Å². The third-order valence-electron chi connectivity index (χ3n) is 1.80. The average molecular weight is 190 g/mol. The third-order valence-corrected chi connectivity index (χ3v) is 1.80. The second-order valence-corrected chi connectivity index (χ2v) is 3.60. The molecule has 0 bridgehead atoms. The van der Waals surface area contributed by atoms with Crippen molar-refractivity contribution in [3.8, 4) is 0 Å². The Balaban J connectivity index is 3.57. The van der Waals surface area contributed by atoms with Crippen molar-refractivity contribution in [2.24, 2.45) is 0 Å². The molecule has 0 saturated heterocycles. The molecule has 0 aliphatic rings. The predicted molar refractivity (Wildman–Crippen MR) is 53.7 cm³/mol. The highest BCUT2D eigenvalue weighted by Gasteiger charge is 2.10. The minimum atomic E-state index is 0.0324. The predicted octanol–water partition coefficient (Wildman–Crippen LogP) is -0.165. The zero-order chi connectivity index (χ0) is 10.3. The molecule has 0 aromatic rings. The van der Waals surface area contributed by atoms with Gasteiger partial charge in [-0.05, 0) is 28.2 Å². The maximum Gasteiger partial charge on any atom is 0.112 e. The van der Waals surface area contributed by atoms with E-state index in [9.17, 15) is 0 Å². The zero-order valence-corrected chi connectivity index (χ0v) is 9.16. The molecule has 4 heteroatoms. The van der Waals surface area contributed by atoms with Crippen LogP contribution in [-0.4, -0.2) is 69.1 Å². The van der Waals surface area contributed by atoms with Crippen LogP contribution in [0.4, 0.5) is 0 Å². The summed E-state index contributed by atoms with van der Waals surface area (Å²) in [4.78, 5) is 4.05. The molecule has 1 atom stereocenters. The molecule has 0 aliphatic carbocycles. The van der Waals surface area contributed by atoms with Crippen molar-refractivity contribution < 1.29 is 9.84 Å². The van der Waals surface area contributed by atoms with Crippen LogP contribution < -0.4 is 0 Å². The molecule has 1 unspecified atom stereocenters. The maximum absolute atomic E-state index is 8.78. The Labute approximate surface area is 81.1 Å². The highest BCUT2D eigenvalue weighted by atomic mass is 16.5. The third kappa shape index (κ3) is 6.95. The van der Waals surface area contributed by atoms with E-state index < -0.39 is 0 Å². The van der Waals surface area contributed by atoms with Gasteiger partial charge in [0.1, 0.15) is 6.23 Å². The van der Waals surface area contributed by atoms with Gasteiger partial charge in [0.05, 0.1) is 6.61 Å². The van der Waals surface area contributed by atoms with Crippen LogP contribution in [0.3, 0.4) is 0 Å². The number of hydrogen-bond acceptors (Lipinski definition) is 4. The van der Waals surface area contributed by atoms with E-state index in [0.29, 0.717) is 13.0 Å². The first-order valence-electron chi connectivity index (χ1n) is 4.61. The van der Waals surface area contributed by atoms with Gasteiger partial charge in [0.2, 0.25) is 0 Å². The Kier molecular flexibility index (Phi) is 7.17. The SMILES string of the molecule is CN(C)CCOC(CCO)N(C)C. The Morgan fingerprint density at radius 3 is 2.23 bits per heavy atom. The van der Waals surface area contributed by atoms with Crippen LogP contribution in [0.15, 0.2) is 0 Å². The number of hydrogen-bond donors (Lipinski definition) is 1. The molecule has 4 nitrogen and oxygen atoms in total. The van der Waals surface area contributed by atoms with Crippen molar-refractivity contribution in [2.75, 3.05) is 47.9 Å². The molecule has 80 valence electrons. The first-order chi connectivity index (χ1) is 6.07. The fourth-order valence-corrected chi connectivity index (χ4v) is 0.972. The van der Waals surface area contributed by atoms with Gasteiger partial charge in [-0.3, -0.25) is 4.90 Å². The molecule has 0 heterocycles. The summed E-state index contributed by atoms with van der Waals surface area (Å²) in [6.07, 6.45) is 0.699. The number of rotatable bonds is 7. The summed E-state index contributed by atoms with van der Waals surface area (Å²) in [5, 5.41) is 8.78. The van der Waals surface area contributed by atoms with E-state index in [4.69, 9.17) is 9.84 Å². The fourth-order valence-electron chi connectivity index (χ4n) is 0.972. The number of aliphatic hydroxyl groups is 1. The van der Waals surface area contributed by atoms with Crippen LogP contribution in [0, 0.1) is 0 Å². The molecule has 0 radical (unpaired) electrons. The van der Waals surface area contributed by atoms with Gasteiger partial charge >= 0.3 is 0 Å². The van der Waals surface area contributed by atoms with E-state index >= 15 is 0 Å². The van der Waals surface area contributed by atoms with E-state index in [0.717, 1.165) is 6.54 Å². The molecular weight excluding hydrogens is 168 g/mol. The smallest absolute Gasteiger partial charge is 0.112 e. The Hall–Kier alpha value is -0.160.